The molecule has 0 radical (unpaired) electrons. The Kier molecular flexibility index (Phi) is 7.92. The van der Waals surface area contributed by atoms with Gasteiger partial charge in [0.25, 0.3) is 0 Å². The van der Waals surface area contributed by atoms with Crippen LogP contribution in [0.1, 0.15) is 53.3 Å². The smallest absolute Gasteiger partial charge is 0.311 e. The highest BCUT2D eigenvalue weighted by Crippen LogP contribution is 2.28. The number of aromatic nitrogens is 3. The predicted octanol–water partition coefficient (Wildman–Crippen LogP) is -0.0837. The molecule has 1 aromatic heterocycles. The van der Waals surface area contributed by atoms with E-state index in [2.05, 4.69) is 15.6 Å². The molecule has 11 heteroatoms. The average molecular weight is 428 g/mol. The van der Waals surface area contributed by atoms with Crippen LogP contribution in [0.2, 0.25) is 0 Å². The fourth-order valence-corrected chi connectivity index (χ4v) is 2.84. The molecule has 0 unspecified atom stereocenters. The van der Waals surface area contributed by atoms with E-state index in [0.29, 0.717) is 5.69 Å². The fourth-order valence-electron chi connectivity index (χ4n) is 2.84. The van der Waals surface area contributed by atoms with Gasteiger partial charge in [0, 0.05) is 13.0 Å². The molecule has 0 bridgehead atoms. The van der Waals surface area contributed by atoms with Crippen LogP contribution in [0.4, 0.5) is 0 Å². The zero-order valence-corrected chi connectivity index (χ0v) is 18.2. The van der Waals surface area contributed by atoms with Gasteiger partial charge in [-0.05, 0) is 34.6 Å². The highest BCUT2D eigenvalue weighted by molar-refractivity contribution is 5.76. The van der Waals surface area contributed by atoms with Gasteiger partial charge in [-0.2, -0.15) is 0 Å². The minimum absolute atomic E-state index is 0.00164. The fraction of sp³-hybridized carbons (Fsp3) is 0.789. The summed E-state index contributed by atoms with van der Waals surface area (Å²) in [7, 11) is 0. The van der Waals surface area contributed by atoms with Crippen LogP contribution in [0.5, 0.6) is 0 Å². The second-order valence-electron chi connectivity index (χ2n) is 8.66. The molecule has 1 amide bonds. The number of aliphatic hydroxyl groups excluding tert-OH is 2. The molecule has 0 saturated carbocycles. The average Bonchev–Trinajstić information content (AvgIpc) is 3.12. The van der Waals surface area contributed by atoms with Crippen molar-refractivity contribution in [2.75, 3.05) is 6.61 Å². The lowest BCUT2D eigenvalue weighted by atomic mass is 9.94. The molecular weight excluding hydrogens is 396 g/mol. The van der Waals surface area contributed by atoms with Crippen molar-refractivity contribution in [3.05, 3.63) is 11.9 Å². The highest BCUT2D eigenvalue weighted by atomic mass is 16.7. The second kappa shape index (κ2) is 9.82. The largest absolute Gasteiger partial charge is 0.457 e. The van der Waals surface area contributed by atoms with Crippen LogP contribution < -0.4 is 5.32 Å². The summed E-state index contributed by atoms with van der Waals surface area (Å²) in [5, 5.41) is 30.9. The number of carbonyl (C=O) groups is 2. The number of aliphatic hydroxyl groups is 2. The number of ether oxygens (including phenoxy) is 3. The molecule has 170 valence electrons. The maximum atomic E-state index is 12.4. The minimum Gasteiger partial charge on any atom is -0.457 e. The topological polar surface area (TPSA) is 145 Å². The lowest BCUT2D eigenvalue weighted by Gasteiger charge is -2.44. The standard InChI is InChI=1S/C19H32N4O7/c1-10(2)23-7-12(21-22-23)9-28-17-14(20-11(3)25)16(15(26)13(8-24)29-17)30-18(27)19(4,5)6/h7,10,13-17,24,26H,8-9H2,1-6H3,(H,20,25)/t13-,14-,15+,16-,17-/m1/s1. The van der Waals surface area contributed by atoms with E-state index in [4.69, 9.17) is 14.2 Å². The van der Waals surface area contributed by atoms with Crippen molar-refractivity contribution in [3.8, 4) is 0 Å². The molecule has 0 aliphatic carbocycles. The van der Waals surface area contributed by atoms with E-state index >= 15 is 0 Å². The molecule has 1 aliphatic rings. The van der Waals surface area contributed by atoms with Crippen molar-refractivity contribution in [2.45, 2.75) is 84.8 Å². The number of nitrogens with one attached hydrogen (secondary N) is 1. The Labute approximate surface area is 175 Å². The zero-order valence-electron chi connectivity index (χ0n) is 18.2. The quantitative estimate of drug-likeness (QED) is 0.508. The molecule has 1 aromatic rings. The summed E-state index contributed by atoms with van der Waals surface area (Å²) >= 11 is 0. The summed E-state index contributed by atoms with van der Waals surface area (Å²) in [6.45, 7) is 9.69. The lowest BCUT2D eigenvalue weighted by molar-refractivity contribution is -0.278. The molecule has 0 aromatic carbocycles. The Hall–Kier alpha value is -2.08. The van der Waals surface area contributed by atoms with Crippen molar-refractivity contribution in [1.82, 2.24) is 20.3 Å². The van der Waals surface area contributed by atoms with Gasteiger partial charge in [-0.15, -0.1) is 5.10 Å². The van der Waals surface area contributed by atoms with E-state index in [1.54, 1.807) is 31.6 Å². The maximum absolute atomic E-state index is 12.4. The third-order valence-corrected chi connectivity index (χ3v) is 4.56. The minimum atomic E-state index is -1.36. The molecule has 1 aliphatic heterocycles. The Bertz CT molecular complexity index is 731. The van der Waals surface area contributed by atoms with Gasteiger partial charge in [-0.25, -0.2) is 4.68 Å². The molecule has 3 N–H and O–H groups in total. The van der Waals surface area contributed by atoms with E-state index in [0.717, 1.165) is 0 Å². The number of esters is 1. The van der Waals surface area contributed by atoms with Gasteiger partial charge in [0.1, 0.15) is 23.9 Å². The summed E-state index contributed by atoms with van der Waals surface area (Å²) in [5.74, 6) is -0.992. The van der Waals surface area contributed by atoms with Crippen LogP contribution in [0.25, 0.3) is 0 Å². The van der Waals surface area contributed by atoms with E-state index < -0.39 is 54.5 Å². The predicted molar refractivity (Wildman–Crippen MR) is 104 cm³/mol. The molecule has 11 nitrogen and oxygen atoms in total. The van der Waals surface area contributed by atoms with E-state index in [9.17, 15) is 19.8 Å². The van der Waals surface area contributed by atoms with Gasteiger partial charge < -0.3 is 29.7 Å². The lowest BCUT2D eigenvalue weighted by Crippen LogP contribution is -2.66. The molecule has 1 fully saturated rings. The van der Waals surface area contributed by atoms with Crippen molar-refractivity contribution in [1.29, 1.82) is 0 Å². The van der Waals surface area contributed by atoms with Crippen LogP contribution in [0, 0.1) is 5.41 Å². The van der Waals surface area contributed by atoms with Crippen LogP contribution in [0.15, 0.2) is 6.20 Å². The Morgan fingerprint density at radius 2 is 2.03 bits per heavy atom. The summed E-state index contributed by atoms with van der Waals surface area (Å²) in [6.07, 6.45) is -2.99. The number of nitrogens with zero attached hydrogens (tertiary/aromatic N) is 3. The molecule has 0 spiro atoms. The summed E-state index contributed by atoms with van der Waals surface area (Å²) in [6, 6.07) is -0.869. The van der Waals surface area contributed by atoms with Crippen molar-refractivity contribution >= 4 is 11.9 Å². The van der Waals surface area contributed by atoms with Gasteiger partial charge in [0.2, 0.25) is 5.91 Å². The van der Waals surface area contributed by atoms with Crippen molar-refractivity contribution in [2.24, 2.45) is 5.41 Å². The van der Waals surface area contributed by atoms with Crippen molar-refractivity contribution in [3.63, 3.8) is 0 Å². The third-order valence-electron chi connectivity index (χ3n) is 4.56. The SMILES string of the molecule is CC(=O)N[C@H]1[C@H](OCc2cn(C(C)C)nn2)O[C@H](CO)[C@H](O)[C@@H]1OC(=O)C(C)(C)C. The zero-order chi connectivity index (χ0) is 22.6. The summed E-state index contributed by atoms with van der Waals surface area (Å²) in [4.78, 5) is 24.2. The van der Waals surface area contributed by atoms with Crippen LogP contribution >= 0.6 is 0 Å². The van der Waals surface area contributed by atoms with Crippen molar-refractivity contribution < 1.29 is 34.0 Å². The molecule has 1 saturated heterocycles. The Morgan fingerprint density at radius 1 is 1.37 bits per heavy atom. The number of hydrogen-bond acceptors (Lipinski definition) is 9. The summed E-state index contributed by atoms with van der Waals surface area (Å²) in [5.41, 5.74) is -0.303. The second-order valence-corrected chi connectivity index (χ2v) is 8.66. The maximum Gasteiger partial charge on any atom is 0.311 e. The number of carbonyl (C=O) groups excluding carboxylic acids is 2. The molecule has 5 atom stereocenters. The van der Waals surface area contributed by atoms with Gasteiger partial charge in [-0.1, -0.05) is 5.21 Å². The third kappa shape index (κ3) is 5.97. The van der Waals surface area contributed by atoms with Gasteiger partial charge in [0.05, 0.1) is 24.8 Å². The number of amides is 1. The first-order valence-corrected chi connectivity index (χ1v) is 9.89. The first kappa shape index (κ1) is 24.2. The first-order valence-electron chi connectivity index (χ1n) is 9.89. The molecule has 30 heavy (non-hydrogen) atoms. The molecule has 2 rings (SSSR count). The van der Waals surface area contributed by atoms with Gasteiger partial charge in [-0.3, -0.25) is 9.59 Å². The van der Waals surface area contributed by atoms with Gasteiger partial charge in [0.15, 0.2) is 12.4 Å². The first-order chi connectivity index (χ1) is 13.9. The Morgan fingerprint density at radius 3 is 2.53 bits per heavy atom. The van der Waals surface area contributed by atoms with Crippen LogP contribution in [-0.4, -0.2) is 74.3 Å². The Balaban J connectivity index is 2.23. The van der Waals surface area contributed by atoms with Crippen LogP contribution in [0.3, 0.4) is 0 Å². The van der Waals surface area contributed by atoms with Crippen LogP contribution in [-0.2, 0) is 30.4 Å². The summed E-state index contributed by atoms with van der Waals surface area (Å²) < 4.78 is 18.6. The number of rotatable bonds is 7. The van der Waals surface area contributed by atoms with Gasteiger partial charge >= 0.3 is 5.97 Å². The highest BCUT2D eigenvalue weighted by Gasteiger charge is 2.49. The molecule has 2 heterocycles. The molecular formula is C19H32N4O7. The van der Waals surface area contributed by atoms with E-state index in [-0.39, 0.29) is 12.6 Å². The van der Waals surface area contributed by atoms with E-state index in [1.807, 2.05) is 13.8 Å². The van der Waals surface area contributed by atoms with E-state index in [1.165, 1.54) is 6.92 Å². The normalized spacial score (nSPS) is 27.2. The monoisotopic (exact) mass is 428 g/mol. The number of hydrogen-bond donors (Lipinski definition) is 3.